The predicted octanol–water partition coefficient (Wildman–Crippen LogP) is 2.61. The zero-order chi connectivity index (χ0) is 14.0. The lowest BCUT2D eigenvalue weighted by Gasteiger charge is -2.46. The Kier molecular flexibility index (Phi) is 5.22. The van der Waals surface area contributed by atoms with E-state index in [4.69, 9.17) is 4.74 Å². The zero-order valence-electron chi connectivity index (χ0n) is 13.4. The first kappa shape index (κ1) is 15.9. The second-order valence-electron chi connectivity index (χ2n) is 7.46. The molecule has 18 heavy (non-hydrogen) atoms. The lowest BCUT2D eigenvalue weighted by Crippen LogP contribution is -2.57. The van der Waals surface area contributed by atoms with E-state index in [0.717, 1.165) is 19.7 Å². The highest BCUT2D eigenvalue weighted by Gasteiger charge is 2.29. The van der Waals surface area contributed by atoms with Gasteiger partial charge in [-0.15, -0.1) is 0 Å². The van der Waals surface area contributed by atoms with E-state index in [-0.39, 0.29) is 5.60 Å². The summed E-state index contributed by atoms with van der Waals surface area (Å²) in [5, 5.41) is 0. The van der Waals surface area contributed by atoms with Crippen molar-refractivity contribution < 1.29 is 4.74 Å². The SMILES string of the molecule is C[C@@H]1CN(C(C)(C)C)CCN1CCOC(C)(C)C. The van der Waals surface area contributed by atoms with E-state index in [2.05, 4.69) is 58.3 Å². The first-order valence-electron chi connectivity index (χ1n) is 7.23. The van der Waals surface area contributed by atoms with Gasteiger partial charge in [0.25, 0.3) is 0 Å². The van der Waals surface area contributed by atoms with Crippen molar-refractivity contribution in [1.82, 2.24) is 9.80 Å². The fraction of sp³-hybridized carbons (Fsp3) is 1.00. The Bertz CT molecular complexity index is 250. The van der Waals surface area contributed by atoms with E-state index in [0.29, 0.717) is 11.6 Å². The summed E-state index contributed by atoms with van der Waals surface area (Å²) in [5.41, 5.74) is 0.277. The second-order valence-corrected chi connectivity index (χ2v) is 7.46. The van der Waals surface area contributed by atoms with E-state index in [1.54, 1.807) is 0 Å². The largest absolute Gasteiger partial charge is 0.375 e. The van der Waals surface area contributed by atoms with Gasteiger partial charge in [0.1, 0.15) is 0 Å². The van der Waals surface area contributed by atoms with Crippen LogP contribution in [0.2, 0.25) is 0 Å². The van der Waals surface area contributed by atoms with E-state index in [1.807, 2.05) is 0 Å². The van der Waals surface area contributed by atoms with Gasteiger partial charge in [-0.2, -0.15) is 0 Å². The van der Waals surface area contributed by atoms with Crippen molar-refractivity contribution in [3.63, 3.8) is 0 Å². The monoisotopic (exact) mass is 256 g/mol. The van der Waals surface area contributed by atoms with Gasteiger partial charge in [0.05, 0.1) is 12.2 Å². The number of hydrogen-bond acceptors (Lipinski definition) is 3. The third-order valence-electron chi connectivity index (χ3n) is 3.63. The molecule has 1 rings (SSSR count). The first-order valence-corrected chi connectivity index (χ1v) is 7.23. The van der Waals surface area contributed by atoms with E-state index < -0.39 is 0 Å². The fourth-order valence-electron chi connectivity index (χ4n) is 2.41. The van der Waals surface area contributed by atoms with Crippen molar-refractivity contribution in [2.24, 2.45) is 0 Å². The summed E-state index contributed by atoms with van der Waals surface area (Å²) in [5.74, 6) is 0. The summed E-state index contributed by atoms with van der Waals surface area (Å²) in [6, 6.07) is 0.626. The molecule has 1 aliphatic heterocycles. The van der Waals surface area contributed by atoms with Gasteiger partial charge in [0.2, 0.25) is 0 Å². The Morgan fingerprint density at radius 2 is 1.67 bits per heavy atom. The van der Waals surface area contributed by atoms with Gasteiger partial charge in [-0.3, -0.25) is 9.80 Å². The molecule has 1 saturated heterocycles. The van der Waals surface area contributed by atoms with Crippen LogP contribution in [0, 0.1) is 0 Å². The van der Waals surface area contributed by atoms with E-state index in [1.165, 1.54) is 13.1 Å². The molecule has 0 saturated carbocycles. The van der Waals surface area contributed by atoms with Crippen LogP contribution in [0.3, 0.4) is 0 Å². The van der Waals surface area contributed by atoms with Gasteiger partial charge in [-0.1, -0.05) is 0 Å². The minimum absolute atomic E-state index is 0.0174. The molecule has 0 radical (unpaired) electrons. The maximum Gasteiger partial charge on any atom is 0.0600 e. The fourth-order valence-corrected chi connectivity index (χ4v) is 2.41. The Morgan fingerprint density at radius 3 is 2.11 bits per heavy atom. The Balaban J connectivity index is 2.35. The Labute approximate surface area is 113 Å². The normalized spacial score (nSPS) is 24.5. The number of ether oxygens (including phenoxy) is 1. The average Bonchev–Trinajstić information content (AvgIpc) is 2.17. The zero-order valence-corrected chi connectivity index (χ0v) is 13.4. The van der Waals surface area contributed by atoms with Crippen LogP contribution in [0.25, 0.3) is 0 Å². The molecule has 3 nitrogen and oxygen atoms in total. The van der Waals surface area contributed by atoms with Crippen LogP contribution < -0.4 is 0 Å². The van der Waals surface area contributed by atoms with Crippen molar-refractivity contribution in [2.45, 2.75) is 65.6 Å². The standard InChI is InChI=1S/C15H32N2O/c1-13-12-17(14(2,3)4)9-8-16(13)10-11-18-15(5,6)7/h13H,8-12H2,1-7H3/t13-/m1/s1. The third kappa shape index (κ3) is 5.25. The van der Waals surface area contributed by atoms with E-state index in [9.17, 15) is 0 Å². The van der Waals surface area contributed by atoms with Crippen molar-refractivity contribution in [3.05, 3.63) is 0 Å². The molecule has 0 unspecified atom stereocenters. The van der Waals surface area contributed by atoms with Gasteiger partial charge in [-0.05, 0) is 48.5 Å². The first-order chi connectivity index (χ1) is 8.09. The number of piperazine rings is 1. The van der Waals surface area contributed by atoms with Gasteiger partial charge >= 0.3 is 0 Å². The number of nitrogens with zero attached hydrogens (tertiary/aromatic N) is 2. The summed E-state index contributed by atoms with van der Waals surface area (Å²) in [7, 11) is 0. The maximum absolute atomic E-state index is 5.82. The Hall–Kier alpha value is -0.120. The number of hydrogen-bond donors (Lipinski definition) is 0. The number of rotatable bonds is 3. The highest BCUT2D eigenvalue weighted by Crippen LogP contribution is 2.19. The van der Waals surface area contributed by atoms with Crippen LogP contribution in [-0.4, -0.2) is 59.8 Å². The van der Waals surface area contributed by atoms with Crippen LogP contribution in [0.5, 0.6) is 0 Å². The lowest BCUT2D eigenvalue weighted by atomic mass is 10.0. The highest BCUT2D eigenvalue weighted by atomic mass is 16.5. The molecule has 0 amide bonds. The van der Waals surface area contributed by atoms with E-state index >= 15 is 0 Å². The van der Waals surface area contributed by atoms with Gasteiger partial charge in [0.15, 0.2) is 0 Å². The molecule has 108 valence electrons. The molecule has 0 aromatic carbocycles. The average molecular weight is 256 g/mol. The van der Waals surface area contributed by atoms with Gasteiger partial charge in [-0.25, -0.2) is 0 Å². The molecular formula is C15H32N2O. The Morgan fingerprint density at radius 1 is 1.06 bits per heavy atom. The summed E-state index contributed by atoms with van der Waals surface area (Å²) >= 11 is 0. The van der Waals surface area contributed by atoms with Crippen LogP contribution in [0.1, 0.15) is 48.5 Å². The molecule has 0 aliphatic carbocycles. The van der Waals surface area contributed by atoms with Gasteiger partial charge < -0.3 is 4.74 Å². The van der Waals surface area contributed by atoms with Crippen LogP contribution in [0.4, 0.5) is 0 Å². The van der Waals surface area contributed by atoms with Crippen LogP contribution >= 0.6 is 0 Å². The molecule has 1 aliphatic rings. The smallest absolute Gasteiger partial charge is 0.0600 e. The molecule has 0 aromatic rings. The van der Waals surface area contributed by atoms with Crippen molar-refractivity contribution in [1.29, 1.82) is 0 Å². The third-order valence-corrected chi connectivity index (χ3v) is 3.63. The molecule has 0 spiro atoms. The minimum atomic E-state index is -0.0174. The minimum Gasteiger partial charge on any atom is -0.375 e. The molecule has 3 heteroatoms. The van der Waals surface area contributed by atoms with Crippen LogP contribution in [-0.2, 0) is 4.74 Å². The topological polar surface area (TPSA) is 15.7 Å². The molecule has 0 aromatic heterocycles. The summed E-state index contributed by atoms with van der Waals surface area (Å²) in [6.07, 6.45) is 0. The molecule has 0 N–H and O–H groups in total. The van der Waals surface area contributed by atoms with Crippen LogP contribution in [0.15, 0.2) is 0 Å². The predicted molar refractivity (Wildman–Crippen MR) is 78.1 cm³/mol. The molecular weight excluding hydrogens is 224 g/mol. The summed E-state index contributed by atoms with van der Waals surface area (Å²) in [6.45, 7) is 21.0. The second kappa shape index (κ2) is 5.89. The quantitative estimate of drug-likeness (QED) is 0.772. The maximum atomic E-state index is 5.82. The van der Waals surface area contributed by atoms with Gasteiger partial charge in [0, 0.05) is 37.8 Å². The van der Waals surface area contributed by atoms with Crippen molar-refractivity contribution in [3.8, 4) is 0 Å². The molecule has 1 heterocycles. The lowest BCUT2D eigenvalue weighted by molar-refractivity contribution is -0.0326. The molecule has 1 fully saturated rings. The molecule has 1 atom stereocenters. The molecule has 0 bridgehead atoms. The summed E-state index contributed by atoms with van der Waals surface area (Å²) in [4.78, 5) is 5.13. The highest BCUT2D eigenvalue weighted by molar-refractivity contribution is 4.86. The van der Waals surface area contributed by atoms with Crippen molar-refractivity contribution in [2.75, 3.05) is 32.8 Å². The summed E-state index contributed by atoms with van der Waals surface area (Å²) < 4.78 is 5.82. The van der Waals surface area contributed by atoms with Crippen molar-refractivity contribution >= 4 is 0 Å².